The molecule has 0 radical (unpaired) electrons. The number of carboxylic acid groups (broad SMARTS) is 1. The van der Waals surface area contributed by atoms with Crippen LogP contribution in [0.1, 0.15) is 36.5 Å². The second-order valence-electron chi connectivity index (χ2n) is 8.49. The van der Waals surface area contributed by atoms with Gasteiger partial charge in [0.05, 0.1) is 5.41 Å². The van der Waals surface area contributed by atoms with Crippen LogP contribution in [0.4, 0.5) is 16.3 Å². The van der Waals surface area contributed by atoms with E-state index in [2.05, 4.69) is 15.6 Å². The fourth-order valence-corrected chi connectivity index (χ4v) is 4.31. The highest BCUT2D eigenvalue weighted by molar-refractivity contribution is 6.01. The van der Waals surface area contributed by atoms with Gasteiger partial charge in [-0.2, -0.15) is 0 Å². The molecular formula is C26H25N3O4. The van der Waals surface area contributed by atoms with Gasteiger partial charge in [0, 0.05) is 28.9 Å². The number of carbonyl (C=O) groups excluding carboxylic acids is 2. The van der Waals surface area contributed by atoms with Crippen molar-refractivity contribution in [2.75, 3.05) is 10.6 Å². The molecule has 0 spiro atoms. The molecule has 1 fully saturated rings. The third-order valence-corrected chi connectivity index (χ3v) is 6.30. The van der Waals surface area contributed by atoms with E-state index in [0.29, 0.717) is 29.9 Å². The monoisotopic (exact) mass is 443 g/mol. The van der Waals surface area contributed by atoms with E-state index in [1.165, 1.54) is 0 Å². The van der Waals surface area contributed by atoms with Crippen LogP contribution in [0.15, 0.2) is 72.9 Å². The summed E-state index contributed by atoms with van der Waals surface area (Å²) in [6, 6.07) is 19.4. The second kappa shape index (κ2) is 9.24. The zero-order valence-electron chi connectivity index (χ0n) is 18.2. The molecule has 1 saturated carbocycles. The van der Waals surface area contributed by atoms with Gasteiger partial charge in [-0.15, -0.1) is 0 Å². The van der Waals surface area contributed by atoms with Crippen molar-refractivity contribution in [1.29, 1.82) is 0 Å². The third kappa shape index (κ3) is 4.77. The van der Waals surface area contributed by atoms with Crippen molar-refractivity contribution in [1.82, 2.24) is 4.98 Å². The molecule has 7 heteroatoms. The molecule has 3 aromatic rings. The Bertz CT molecular complexity index is 1160. The molecule has 0 aliphatic heterocycles. The maximum Gasteiger partial charge on any atom is 0.324 e. The quantitative estimate of drug-likeness (QED) is 0.438. The zero-order chi connectivity index (χ0) is 23.4. The van der Waals surface area contributed by atoms with Crippen molar-refractivity contribution in [3.63, 3.8) is 0 Å². The molecule has 168 valence electrons. The number of carboxylic acids is 1. The first-order valence-corrected chi connectivity index (χ1v) is 10.8. The van der Waals surface area contributed by atoms with Gasteiger partial charge in [0.1, 0.15) is 5.82 Å². The number of hydrogen-bond donors (Lipinski definition) is 3. The van der Waals surface area contributed by atoms with Crippen LogP contribution in [-0.2, 0) is 4.79 Å². The first-order chi connectivity index (χ1) is 15.9. The number of para-hydroxylation sites is 1. The van der Waals surface area contributed by atoms with E-state index in [4.69, 9.17) is 0 Å². The van der Waals surface area contributed by atoms with Crippen molar-refractivity contribution < 1.29 is 19.5 Å². The van der Waals surface area contributed by atoms with Crippen LogP contribution >= 0.6 is 0 Å². The van der Waals surface area contributed by atoms with E-state index >= 15 is 0 Å². The Balaban J connectivity index is 1.41. The van der Waals surface area contributed by atoms with Crippen LogP contribution in [0.25, 0.3) is 11.1 Å². The number of benzene rings is 2. The van der Waals surface area contributed by atoms with E-state index in [1.54, 1.807) is 43.5 Å². The van der Waals surface area contributed by atoms with Gasteiger partial charge >= 0.3 is 12.0 Å². The van der Waals surface area contributed by atoms with Crippen LogP contribution in [-0.4, -0.2) is 27.9 Å². The van der Waals surface area contributed by atoms with Gasteiger partial charge in [0.25, 0.3) is 0 Å². The minimum atomic E-state index is -1.00. The average molecular weight is 444 g/mol. The smallest absolute Gasteiger partial charge is 0.324 e. The van der Waals surface area contributed by atoms with Crippen molar-refractivity contribution >= 4 is 29.3 Å². The minimum Gasteiger partial charge on any atom is -0.481 e. The maximum atomic E-state index is 13.0. The number of hydrogen-bond acceptors (Lipinski definition) is 4. The molecule has 3 N–H and O–H groups in total. The number of rotatable bonds is 6. The Labute approximate surface area is 191 Å². The maximum absolute atomic E-state index is 13.0. The fraction of sp³-hybridized carbons (Fsp3) is 0.231. The molecule has 2 atom stereocenters. The molecule has 1 heterocycles. The molecule has 2 amide bonds. The number of urea groups is 1. The summed E-state index contributed by atoms with van der Waals surface area (Å²) in [5, 5.41) is 15.0. The lowest BCUT2D eigenvalue weighted by molar-refractivity contribution is -0.149. The van der Waals surface area contributed by atoms with Crippen molar-refractivity contribution in [3.8, 4) is 11.1 Å². The summed E-state index contributed by atoms with van der Waals surface area (Å²) < 4.78 is 0. The predicted octanol–water partition coefficient (Wildman–Crippen LogP) is 5.47. The molecule has 0 bridgehead atoms. The lowest BCUT2D eigenvalue weighted by Crippen LogP contribution is -2.36. The predicted molar refractivity (Wildman–Crippen MR) is 126 cm³/mol. The highest BCUT2D eigenvalue weighted by Gasteiger charge is 2.48. The van der Waals surface area contributed by atoms with Crippen LogP contribution in [0, 0.1) is 11.3 Å². The van der Waals surface area contributed by atoms with Gasteiger partial charge in [0.2, 0.25) is 0 Å². The minimum absolute atomic E-state index is 0.119. The lowest BCUT2D eigenvalue weighted by atomic mass is 9.76. The van der Waals surface area contributed by atoms with E-state index < -0.39 is 17.3 Å². The van der Waals surface area contributed by atoms with Gasteiger partial charge in [-0.25, -0.2) is 9.78 Å². The number of pyridine rings is 1. The molecule has 33 heavy (non-hydrogen) atoms. The molecular weight excluding hydrogens is 418 g/mol. The lowest BCUT2D eigenvalue weighted by Gasteiger charge is -2.25. The van der Waals surface area contributed by atoms with E-state index in [1.807, 2.05) is 36.4 Å². The van der Waals surface area contributed by atoms with Crippen molar-refractivity contribution in [2.45, 2.75) is 26.2 Å². The van der Waals surface area contributed by atoms with E-state index in [-0.39, 0.29) is 11.8 Å². The van der Waals surface area contributed by atoms with Gasteiger partial charge in [0.15, 0.2) is 5.78 Å². The Morgan fingerprint density at radius 2 is 1.64 bits per heavy atom. The highest BCUT2D eigenvalue weighted by Crippen LogP contribution is 2.45. The number of aromatic nitrogens is 1. The number of nitrogens with one attached hydrogen (secondary N) is 2. The first kappa shape index (κ1) is 22.2. The Kier molecular flexibility index (Phi) is 6.22. The average Bonchev–Trinajstić information content (AvgIpc) is 3.23. The zero-order valence-corrected chi connectivity index (χ0v) is 18.2. The van der Waals surface area contributed by atoms with Crippen molar-refractivity contribution in [2.24, 2.45) is 11.3 Å². The van der Waals surface area contributed by atoms with Gasteiger partial charge in [-0.1, -0.05) is 48.9 Å². The first-order valence-electron chi connectivity index (χ1n) is 10.8. The topological polar surface area (TPSA) is 108 Å². The Hall–Kier alpha value is -4.00. The number of Topliss-reactive ketones (excluding diaryl/α,β-unsaturated/α-hetero) is 1. The highest BCUT2D eigenvalue weighted by atomic mass is 16.4. The Morgan fingerprint density at radius 3 is 2.27 bits per heavy atom. The van der Waals surface area contributed by atoms with Gasteiger partial charge in [-0.05, 0) is 49.6 Å². The SMILES string of the molecule is C[C@@]1(C(=O)O)CCC[C@H]1C(=O)c1ccc(-c2ccc(NC(=O)Nc3ccccc3)nc2)cc1. The number of anilines is 2. The normalized spacial score (nSPS) is 19.6. The van der Waals surface area contributed by atoms with Crippen LogP contribution in [0.2, 0.25) is 0 Å². The van der Waals surface area contributed by atoms with E-state index in [9.17, 15) is 19.5 Å². The fourth-order valence-electron chi connectivity index (χ4n) is 4.31. The number of carbonyl (C=O) groups is 3. The molecule has 4 rings (SSSR count). The summed E-state index contributed by atoms with van der Waals surface area (Å²) in [6.45, 7) is 1.67. The van der Waals surface area contributed by atoms with Crippen molar-refractivity contribution in [3.05, 3.63) is 78.5 Å². The molecule has 7 nitrogen and oxygen atoms in total. The molecule has 0 unspecified atom stereocenters. The number of aliphatic carboxylic acids is 1. The number of ketones is 1. The van der Waals surface area contributed by atoms with Gasteiger partial charge < -0.3 is 10.4 Å². The molecule has 1 aliphatic carbocycles. The van der Waals surface area contributed by atoms with E-state index in [0.717, 1.165) is 17.5 Å². The molecule has 1 aromatic heterocycles. The molecule has 1 aliphatic rings. The van der Waals surface area contributed by atoms with Gasteiger partial charge in [-0.3, -0.25) is 14.9 Å². The summed E-state index contributed by atoms with van der Waals surface area (Å²) in [5.41, 5.74) is 1.89. The van der Waals surface area contributed by atoms with Crippen LogP contribution in [0.3, 0.4) is 0 Å². The largest absolute Gasteiger partial charge is 0.481 e. The third-order valence-electron chi connectivity index (χ3n) is 6.30. The summed E-state index contributed by atoms with van der Waals surface area (Å²) in [6.07, 6.45) is 3.51. The standard InChI is InChI=1S/C26H25N3O4/c1-26(24(31)32)15-5-8-21(26)23(30)18-11-9-17(10-12-18)19-13-14-22(27-16-19)29-25(33)28-20-6-3-2-4-7-20/h2-4,6-7,9-14,16,21H,5,8,15H2,1H3,(H,31,32)(H2,27,28,29,33)/t21-,26+/m0/s1. The number of nitrogens with zero attached hydrogens (tertiary/aromatic N) is 1. The molecule has 0 saturated heterocycles. The summed E-state index contributed by atoms with van der Waals surface area (Å²) >= 11 is 0. The number of amides is 2. The second-order valence-corrected chi connectivity index (χ2v) is 8.49. The molecule has 2 aromatic carbocycles. The summed E-state index contributed by atoms with van der Waals surface area (Å²) in [7, 11) is 0. The van der Waals surface area contributed by atoms with Crippen LogP contribution in [0.5, 0.6) is 0 Å². The summed E-state index contributed by atoms with van der Waals surface area (Å²) in [4.78, 5) is 41.1. The summed E-state index contributed by atoms with van der Waals surface area (Å²) in [5.74, 6) is -1.12. The van der Waals surface area contributed by atoms with Crippen LogP contribution < -0.4 is 10.6 Å². The Morgan fingerprint density at radius 1 is 0.939 bits per heavy atom.